The monoisotopic (exact) mass is 323 g/mol. The summed E-state index contributed by atoms with van der Waals surface area (Å²) in [5, 5.41) is 0. The lowest BCUT2D eigenvalue weighted by molar-refractivity contribution is -0.917. The van der Waals surface area contributed by atoms with E-state index in [-0.39, 0.29) is 0 Å². The molecule has 2 fully saturated rings. The molecule has 4 unspecified atom stereocenters. The van der Waals surface area contributed by atoms with Crippen molar-refractivity contribution in [2.45, 2.75) is 66.7 Å². The maximum absolute atomic E-state index is 2.78. The third kappa shape index (κ3) is 4.51. The zero-order valence-corrected chi connectivity index (χ0v) is 16.7. The van der Waals surface area contributed by atoms with Crippen LogP contribution >= 0.6 is 0 Å². The first kappa shape index (κ1) is 19.2. The predicted molar refractivity (Wildman–Crippen MR) is 102 cm³/mol. The van der Waals surface area contributed by atoms with Crippen molar-refractivity contribution >= 4 is 0 Å². The van der Waals surface area contributed by atoms with E-state index in [4.69, 9.17) is 0 Å². The van der Waals surface area contributed by atoms with Crippen LogP contribution in [-0.2, 0) is 0 Å². The summed E-state index contributed by atoms with van der Waals surface area (Å²) in [6, 6.07) is 0. The van der Waals surface area contributed by atoms with E-state index in [1.54, 1.807) is 0 Å². The summed E-state index contributed by atoms with van der Waals surface area (Å²) in [6.45, 7) is 21.8. The van der Waals surface area contributed by atoms with Crippen molar-refractivity contribution in [3.05, 3.63) is 0 Å². The van der Waals surface area contributed by atoms with Gasteiger partial charge < -0.3 is 9.38 Å². The lowest BCUT2D eigenvalue weighted by Crippen LogP contribution is -2.47. The number of quaternary nitrogens is 1. The molecule has 0 radical (unpaired) electrons. The molecule has 2 heterocycles. The minimum Gasteiger partial charge on any atom is -0.323 e. The van der Waals surface area contributed by atoms with E-state index in [1.165, 1.54) is 82.4 Å². The highest BCUT2D eigenvalue weighted by Crippen LogP contribution is 2.34. The van der Waals surface area contributed by atoms with Crippen molar-refractivity contribution in [2.24, 2.45) is 23.7 Å². The first-order valence-electron chi connectivity index (χ1n) is 10.7. The average molecular weight is 324 g/mol. The van der Waals surface area contributed by atoms with Gasteiger partial charge in [0.05, 0.1) is 26.2 Å². The molecule has 0 aromatic carbocycles. The molecule has 0 N–H and O–H groups in total. The van der Waals surface area contributed by atoms with Gasteiger partial charge in [-0.2, -0.15) is 0 Å². The Morgan fingerprint density at radius 3 is 1.61 bits per heavy atom. The minimum atomic E-state index is 0.968. The molecule has 0 bridgehead atoms. The zero-order valence-electron chi connectivity index (χ0n) is 16.7. The standard InChI is InChI=1S/C21H43N2/c1-6-18-14-22(15-19(18)7-2)12-11-13-23(10-5)16-20(8-3)21(9-4)17-23/h18-21H,6-17H2,1-5H3/q+1. The summed E-state index contributed by atoms with van der Waals surface area (Å²) in [7, 11) is 0. The van der Waals surface area contributed by atoms with Gasteiger partial charge in [0, 0.05) is 37.9 Å². The van der Waals surface area contributed by atoms with Gasteiger partial charge in [-0.1, -0.05) is 40.5 Å². The van der Waals surface area contributed by atoms with Crippen LogP contribution in [0.2, 0.25) is 0 Å². The predicted octanol–water partition coefficient (Wildman–Crippen LogP) is 4.65. The van der Waals surface area contributed by atoms with Gasteiger partial charge >= 0.3 is 0 Å². The molecule has 0 spiro atoms. The Balaban J connectivity index is 1.81. The van der Waals surface area contributed by atoms with Gasteiger partial charge in [0.15, 0.2) is 0 Å². The zero-order chi connectivity index (χ0) is 16.9. The van der Waals surface area contributed by atoms with Gasteiger partial charge in [-0.25, -0.2) is 0 Å². The summed E-state index contributed by atoms with van der Waals surface area (Å²) in [4.78, 5) is 2.78. The molecule has 2 nitrogen and oxygen atoms in total. The molecule has 136 valence electrons. The number of hydrogen-bond acceptors (Lipinski definition) is 1. The maximum Gasteiger partial charge on any atom is 0.0820 e. The van der Waals surface area contributed by atoms with E-state index >= 15 is 0 Å². The molecular weight excluding hydrogens is 280 g/mol. The molecule has 2 aliphatic heterocycles. The molecule has 2 rings (SSSR count). The Hall–Kier alpha value is -0.0800. The van der Waals surface area contributed by atoms with Crippen LogP contribution in [-0.4, -0.2) is 55.2 Å². The van der Waals surface area contributed by atoms with E-state index in [0.717, 1.165) is 23.7 Å². The molecule has 2 heteroatoms. The molecule has 0 amide bonds. The van der Waals surface area contributed by atoms with Crippen molar-refractivity contribution in [1.29, 1.82) is 0 Å². The minimum absolute atomic E-state index is 0.968. The van der Waals surface area contributed by atoms with Crippen LogP contribution in [0.15, 0.2) is 0 Å². The highest BCUT2D eigenvalue weighted by atomic mass is 15.4. The van der Waals surface area contributed by atoms with E-state index < -0.39 is 0 Å². The average Bonchev–Trinajstić information content (AvgIpc) is 3.15. The van der Waals surface area contributed by atoms with Gasteiger partial charge in [0.25, 0.3) is 0 Å². The smallest absolute Gasteiger partial charge is 0.0820 e. The molecule has 0 aromatic heterocycles. The Labute approximate surface area is 146 Å². The largest absolute Gasteiger partial charge is 0.323 e. The molecular formula is C21H43N2+. The van der Waals surface area contributed by atoms with Crippen LogP contribution < -0.4 is 0 Å². The Morgan fingerprint density at radius 1 is 0.739 bits per heavy atom. The highest BCUT2D eigenvalue weighted by molar-refractivity contribution is 4.82. The lowest BCUT2D eigenvalue weighted by Gasteiger charge is -2.34. The molecule has 0 aromatic rings. The third-order valence-corrected chi connectivity index (χ3v) is 7.44. The van der Waals surface area contributed by atoms with E-state index in [2.05, 4.69) is 39.5 Å². The normalized spacial score (nSPS) is 38.5. The van der Waals surface area contributed by atoms with Crippen LogP contribution in [0.5, 0.6) is 0 Å². The molecule has 0 aliphatic carbocycles. The second kappa shape index (κ2) is 8.85. The molecule has 2 aliphatic rings. The fourth-order valence-electron chi connectivity index (χ4n) is 5.66. The van der Waals surface area contributed by atoms with Crippen molar-refractivity contribution in [3.63, 3.8) is 0 Å². The second-order valence-corrected chi connectivity index (χ2v) is 8.53. The van der Waals surface area contributed by atoms with Crippen molar-refractivity contribution < 1.29 is 4.48 Å². The van der Waals surface area contributed by atoms with Crippen LogP contribution in [0.25, 0.3) is 0 Å². The quantitative estimate of drug-likeness (QED) is 0.558. The molecule has 23 heavy (non-hydrogen) atoms. The van der Waals surface area contributed by atoms with E-state index in [0.29, 0.717) is 0 Å². The lowest BCUT2D eigenvalue weighted by atomic mass is 9.92. The SMILES string of the molecule is CCC1CN(CCC[N+]2(CC)CC(CC)C(CC)C2)CC1CC. The topological polar surface area (TPSA) is 3.24 Å². The van der Waals surface area contributed by atoms with Crippen LogP contribution in [0.3, 0.4) is 0 Å². The van der Waals surface area contributed by atoms with Crippen LogP contribution in [0.4, 0.5) is 0 Å². The van der Waals surface area contributed by atoms with E-state index in [1.807, 2.05) is 0 Å². The van der Waals surface area contributed by atoms with Gasteiger partial charge in [-0.05, 0) is 31.6 Å². The maximum atomic E-state index is 2.78. The highest BCUT2D eigenvalue weighted by Gasteiger charge is 2.42. The Morgan fingerprint density at radius 2 is 1.22 bits per heavy atom. The fraction of sp³-hybridized carbons (Fsp3) is 1.00. The van der Waals surface area contributed by atoms with Crippen LogP contribution in [0, 0.1) is 23.7 Å². The Bertz CT molecular complexity index is 317. The van der Waals surface area contributed by atoms with Gasteiger partial charge in [-0.15, -0.1) is 0 Å². The summed E-state index contributed by atoms with van der Waals surface area (Å²) in [5.74, 6) is 3.91. The molecule has 2 saturated heterocycles. The van der Waals surface area contributed by atoms with Gasteiger partial charge in [0.2, 0.25) is 0 Å². The first-order chi connectivity index (χ1) is 11.1. The number of nitrogens with zero attached hydrogens (tertiary/aromatic N) is 2. The summed E-state index contributed by atoms with van der Waals surface area (Å²) in [5.41, 5.74) is 0. The fourth-order valence-corrected chi connectivity index (χ4v) is 5.66. The first-order valence-corrected chi connectivity index (χ1v) is 10.7. The number of hydrogen-bond donors (Lipinski definition) is 0. The van der Waals surface area contributed by atoms with E-state index in [9.17, 15) is 0 Å². The second-order valence-electron chi connectivity index (χ2n) is 8.53. The number of likely N-dealkylation sites (tertiary alicyclic amines) is 2. The number of rotatable bonds is 9. The van der Waals surface area contributed by atoms with Gasteiger partial charge in [0.1, 0.15) is 0 Å². The van der Waals surface area contributed by atoms with Crippen LogP contribution in [0.1, 0.15) is 66.7 Å². The Kier molecular flexibility index (Phi) is 7.41. The van der Waals surface area contributed by atoms with Crippen molar-refractivity contribution in [3.8, 4) is 0 Å². The summed E-state index contributed by atoms with van der Waals surface area (Å²) in [6.07, 6.45) is 6.94. The molecule has 0 saturated carbocycles. The van der Waals surface area contributed by atoms with Gasteiger partial charge in [-0.3, -0.25) is 0 Å². The summed E-state index contributed by atoms with van der Waals surface area (Å²) < 4.78 is 1.42. The third-order valence-electron chi connectivity index (χ3n) is 7.44. The summed E-state index contributed by atoms with van der Waals surface area (Å²) >= 11 is 0. The van der Waals surface area contributed by atoms with Crippen molar-refractivity contribution in [1.82, 2.24) is 4.90 Å². The van der Waals surface area contributed by atoms with Crippen molar-refractivity contribution in [2.75, 3.05) is 45.8 Å². The molecule has 4 atom stereocenters.